The molecule has 3 fully saturated rings. The second kappa shape index (κ2) is 49.4. The highest BCUT2D eigenvalue weighted by molar-refractivity contribution is 5.73. The molecule has 0 aromatic heterocycles. The summed E-state index contributed by atoms with van der Waals surface area (Å²) < 4.78 is 40.6. The Hall–Kier alpha value is -4.47. The van der Waals surface area contributed by atoms with Crippen LogP contribution in [-0.2, 0) is 61.9 Å². The molecule has 1 aliphatic heterocycles. The normalized spacial score (nSPS) is 18.6. The van der Waals surface area contributed by atoms with Crippen LogP contribution in [0.25, 0.3) is 0 Å². The SMILES string of the molecule is CCCCC/C=C\CCOC(=O)CCCCC(=O)OCC(COC(=O)CCCCC(=O)OCC/C=C\CCCCC)(COC(=O)CCC(CCCCCC)OC(=O)NCCN1CCCC1)COC(=O)C1CCC(C2CCC(CCCCC)CC2)CC1. The highest BCUT2D eigenvalue weighted by atomic mass is 16.6. The van der Waals surface area contributed by atoms with E-state index in [9.17, 15) is 33.6 Å². The monoisotopic (exact) mass is 1210 g/mol. The van der Waals surface area contributed by atoms with Gasteiger partial charge >= 0.3 is 41.9 Å². The fourth-order valence-corrected chi connectivity index (χ4v) is 12.0. The summed E-state index contributed by atoms with van der Waals surface area (Å²) in [6, 6.07) is 0. The Kier molecular flexibility index (Phi) is 43.5. The van der Waals surface area contributed by atoms with E-state index >= 15 is 0 Å². The van der Waals surface area contributed by atoms with E-state index in [1.165, 1.54) is 77.0 Å². The van der Waals surface area contributed by atoms with Crippen molar-refractivity contribution in [1.29, 1.82) is 0 Å². The maximum atomic E-state index is 14.1. The number of carbonyl (C=O) groups excluding carboxylic acids is 7. The van der Waals surface area contributed by atoms with Gasteiger partial charge in [0, 0.05) is 45.2 Å². The molecule has 16 heteroatoms. The largest absolute Gasteiger partial charge is 0.465 e. The topological polar surface area (TPSA) is 199 Å². The molecule has 2 aliphatic carbocycles. The van der Waals surface area contributed by atoms with Crippen LogP contribution in [0.2, 0.25) is 0 Å². The van der Waals surface area contributed by atoms with Crippen molar-refractivity contribution in [2.24, 2.45) is 29.1 Å². The summed E-state index contributed by atoms with van der Waals surface area (Å²) in [6.07, 6.45) is 39.8. The molecule has 2 saturated carbocycles. The summed E-state index contributed by atoms with van der Waals surface area (Å²) in [5.74, 6) is -1.05. The van der Waals surface area contributed by atoms with Crippen LogP contribution in [0, 0.1) is 29.1 Å². The number of rotatable bonds is 50. The second-order valence-corrected chi connectivity index (χ2v) is 25.2. The number of esters is 6. The highest BCUT2D eigenvalue weighted by Crippen LogP contribution is 2.43. The van der Waals surface area contributed by atoms with Gasteiger partial charge in [0.1, 0.15) is 37.9 Å². The van der Waals surface area contributed by atoms with Gasteiger partial charge in [-0.2, -0.15) is 0 Å². The van der Waals surface area contributed by atoms with Gasteiger partial charge in [-0.05, 0) is 166 Å². The van der Waals surface area contributed by atoms with E-state index in [-0.39, 0.29) is 69.0 Å². The Morgan fingerprint density at radius 1 is 0.465 bits per heavy atom. The predicted molar refractivity (Wildman–Crippen MR) is 338 cm³/mol. The number of hydrogen-bond acceptors (Lipinski definition) is 15. The molecule has 0 aromatic carbocycles. The van der Waals surface area contributed by atoms with E-state index in [4.69, 9.17) is 33.2 Å². The molecule has 0 radical (unpaired) electrons. The van der Waals surface area contributed by atoms with Crippen molar-refractivity contribution in [2.45, 2.75) is 284 Å². The number of carbonyl (C=O) groups is 7. The molecule has 494 valence electrons. The average Bonchev–Trinajstić information content (AvgIpc) is 4.21. The molecule has 1 N–H and O–H groups in total. The van der Waals surface area contributed by atoms with E-state index in [1.54, 1.807) is 0 Å². The molecule has 1 heterocycles. The zero-order valence-corrected chi connectivity index (χ0v) is 54.5. The zero-order valence-electron chi connectivity index (χ0n) is 54.5. The van der Waals surface area contributed by atoms with Crippen molar-refractivity contribution in [1.82, 2.24) is 10.2 Å². The Bertz CT molecular complexity index is 1820. The first kappa shape index (κ1) is 75.8. The minimum absolute atomic E-state index is 0.0172. The van der Waals surface area contributed by atoms with Crippen molar-refractivity contribution in [3.63, 3.8) is 0 Å². The number of allylic oxidation sites excluding steroid dienone is 2. The zero-order chi connectivity index (χ0) is 62.1. The molecule has 0 bridgehead atoms. The maximum Gasteiger partial charge on any atom is 0.407 e. The van der Waals surface area contributed by atoms with E-state index in [0.717, 1.165) is 103 Å². The molecule has 1 saturated heterocycles. The van der Waals surface area contributed by atoms with Crippen LogP contribution >= 0.6 is 0 Å². The van der Waals surface area contributed by atoms with E-state index in [1.807, 2.05) is 12.2 Å². The molecule has 16 nitrogen and oxygen atoms in total. The van der Waals surface area contributed by atoms with Crippen molar-refractivity contribution in [2.75, 3.05) is 65.8 Å². The first-order chi connectivity index (χ1) is 41.9. The molecule has 1 unspecified atom stereocenters. The van der Waals surface area contributed by atoms with Crippen molar-refractivity contribution in [3.05, 3.63) is 24.3 Å². The van der Waals surface area contributed by atoms with Crippen LogP contribution in [0.15, 0.2) is 24.3 Å². The van der Waals surface area contributed by atoms with E-state index in [2.05, 4.69) is 50.1 Å². The van der Waals surface area contributed by atoms with Crippen molar-refractivity contribution < 1.29 is 66.7 Å². The Labute approximate surface area is 520 Å². The lowest BCUT2D eigenvalue weighted by Crippen LogP contribution is -2.44. The predicted octanol–water partition coefficient (Wildman–Crippen LogP) is 15.5. The van der Waals surface area contributed by atoms with Crippen molar-refractivity contribution >= 4 is 41.9 Å². The summed E-state index contributed by atoms with van der Waals surface area (Å²) in [4.78, 5) is 95.3. The first-order valence-corrected chi connectivity index (χ1v) is 34.8. The minimum atomic E-state index is -1.49. The summed E-state index contributed by atoms with van der Waals surface area (Å²) in [5, 5.41) is 2.88. The molecule has 0 aromatic rings. The van der Waals surface area contributed by atoms with Crippen LogP contribution in [0.5, 0.6) is 0 Å². The molecule has 3 rings (SSSR count). The smallest absolute Gasteiger partial charge is 0.407 e. The number of nitrogens with zero attached hydrogens (tertiary/aromatic N) is 1. The third-order valence-electron chi connectivity index (χ3n) is 17.6. The lowest BCUT2D eigenvalue weighted by molar-refractivity contribution is -0.173. The quantitative estimate of drug-likeness (QED) is 0.0261. The van der Waals surface area contributed by atoms with Gasteiger partial charge in [0.25, 0.3) is 0 Å². The molecule has 86 heavy (non-hydrogen) atoms. The summed E-state index contributed by atoms with van der Waals surface area (Å²) in [5.41, 5.74) is -1.49. The summed E-state index contributed by atoms with van der Waals surface area (Å²) in [7, 11) is 0. The molecule has 3 aliphatic rings. The van der Waals surface area contributed by atoms with Crippen LogP contribution in [0.1, 0.15) is 278 Å². The van der Waals surface area contributed by atoms with Gasteiger partial charge in [-0.25, -0.2) is 4.79 Å². The first-order valence-electron chi connectivity index (χ1n) is 34.8. The highest BCUT2D eigenvalue weighted by Gasteiger charge is 2.40. The second-order valence-electron chi connectivity index (χ2n) is 25.2. The minimum Gasteiger partial charge on any atom is -0.465 e. The van der Waals surface area contributed by atoms with Gasteiger partial charge in [-0.1, -0.05) is 135 Å². The van der Waals surface area contributed by atoms with Gasteiger partial charge < -0.3 is 43.4 Å². The van der Waals surface area contributed by atoms with Gasteiger partial charge in [-0.3, -0.25) is 28.8 Å². The van der Waals surface area contributed by atoms with Crippen LogP contribution in [-0.4, -0.2) is 119 Å². The Balaban J connectivity index is 1.72. The van der Waals surface area contributed by atoms with Gasteiger partial charge in [0.15, 0.2) is 0 Å². The number of unbranched alkanes of at least 4 members (excludes halogenated alkanes) is 13. The number of alkyl carbamates (subject to hydrolysis) is 1. The van der Waals surface area contributed by atoms with Crippen molar-refractivity contribution in [3.8, 4) is 0 Å². The van der Waals surface area contributed by atoms with Crippen LogP contribution in [0.3, 0.4) is 0 Å². The third kappa shape index (κ3) is 37.4. The molecule has 0 spiro atoms. The molecule has 1 amide bonds. The number of amides is 1. The third-order valence-corrected chi connectivity index (χ3v) is 17.6. The summed E-state index contributed by atoms with van der Waals surface area (Å²) in [6.45, 7) is 11.0. The van der Waals surface area contributed by atoms with E-state index in [0.29, 0.717) is 89.4 Å². The van der Waals surface area contributed by atoms with Crippen LogP contribution in [0.4, 0.5) is 4.79 Å². The number of ether oxygens (including phenoxy) is 7. The van der Waals surface area contributed by atoms with Crippen LogP contribution < -0.4 is 5.32 Å². The lowest BCUT2D eigenvalue weighted by Gasteiger charge is -2.37. The standard InChI is InChI=1S/C70H120N2O14/c1-5-9-13-16-18-20-30-52-80-63(73)34-24-26-36-65(75)82-54-70(55-83-66(76)37-27-25-35-64(74)81-53-31-21-19-17-14-10-6-2,57-85-68(78)61-44-42-60(43-45-61)59-40-38-58(39-41-59)32-22-12-8-4)56-84-67(77)47-46-62(33-23-15-11-7-3)86-69(79)71-48-51-72-49-28-29-50-72/h18-21,58-62H,5-17,22-57H2,1-4H3,(H,71,79)/b20-18-,21-19-. The van der Waals surface area contributed by atoms with Gasteiger partial charge in [0.05, 0.1) is 19.1 Å². The molecular formula is C70H120N2O14. The number of hydrogen-bond donors (Lipinski definition) is 1. The number of nitrogens with one attached hydrogen (secondary N) is 1. The fourth-order valence-electron chi connectivity index (χ4n) is 12.0. The average molecular weight is 1210 g/mol. The number of likely N-dealkylation sites (tertiary alicyclic amines) is 1. The maximum absolute atomic E-state index is 14.1. The van der Waals surface area contributed by atoms with Gasteiger partial charge in [0.2, 0.25) is 0 Å². The van der Waals surface area contributed by atoms with E-state index < -0.39 is 55.3 Å². The summed E-state index contributed by atoms with van der Waals surface area (Å²) >= 11 is 0. The van der Waals surface area contributed by atoms with Gasteiger partial charge in [-0.15, -0.1) is 0 Å². The molecular weight excluding hydrogens is 1090 g/mol. The fraction of sp³-hybridized carbons (Fsp3) is 0.843. The lowest BCUT2D eigenvalue weighted by atomic mass is 9.68. The molecule has 1 atom stereocenters. The Morgan fingerprint density at radius 3 is 1.42 bits per heavy atom. The Morgan fingerprint density at radius 2 is 0.907 bits per heavy atom.